The predicted molar refractivity (Wildman–Crippen MR) is 49.1 cm³/mol. The number of nitrogens with two attached hydrogens (primary N) is 1. The van der Waals surface area contributed by atoms with E-state index in [0.717, 1.165) is 6.07 Å². The summed E-state index contributed by atoms with van der Waals surface area (Å²) in [7, 11) is 0. The van der Waals surface area contributed by atoms with E-state index in [2.05, 4.69) is 0 Å². The van der Waals surface area contributed by atoms with Crippen LogP contribution in [0.5, 0.6) is 0 Å². The quantitative estimate of drug-likeness (QED) is 0.809. The van der Waals surface area contributed by atoms with Gasteiger partial charge in [-0.3, -0.25) is 4.79 Å². The van der Waals surface area contributed by atoms with Gasteiger partial charge in [-0.05, 0) is 24.1 Å². The molecule has 2 N–H and O–H groups in total. The van der Waals surface area contributed by atoms with Crippen molar-refractivity contribution in [2.24, 2.45) is 5.73 Å². The summed E-state index contributed by atoms with van der Waals surface area (Å²) in [5, 5.41) is 0. The Bertz CT molecular complexity index is 385. The maximum Gasteiger partial charge on any atom is 0.416 e. The Labute approximate surface area is 84.9 Å². The van der Waals surface area contributed by atoms with Crippen molar-refractivity contribution >= 4 is 5.91 Å². The maximum absolute atomic E-state index is 12.4. The van der Waals surface area contributed by atoms with Crippen LogP contribution in [0.4, 0.5) is 13.2 Å². The second-order valence-corrected chi connectivity index (χ2v) is 3.23. The topological polar surface area (TPSA) is 43.1 Å². The molecule has 2 nitrogen and oxygen atoms in total. The van der Waals surface area contributed by atoms with E-state index in [1.54, 1.807) is 0 Å². The van der Waals surface area contributed by atoms with Gasteiger partial charge in [-0.15, -0.1) is 0 Å². The first-order valence-electron chi connectivity index (χ1n) is 4.26. The molecule has 15 heavy (non-hydrogen) atoms. The first-order chi connectivity index (χ1) is 6.82. The lowest BCUT2D eigenvalue weighted by Crippen LogP contribution is -2.16. The summed E-state index contributed by atoms with van der Waals surface area (Å²) in [6.07, 6.45) is -4.56. The first-order valence-corrected chi connectivity index (χ1v) is 4.26. The zero-order valence-electron chi connectivity index (χ0n) is 8.06. The molecule has 0 unspecified atom stereocenters. The lowest BCUT2D eigenvalue weighted by molar-refractivity contribution is -0.138. The third-order valence-electron chi connectivity index (χ3n) is 2.12. The summed E-state index contributed by atoms with van der Waals surface area (Å²) < 4.78 is 37.3. The molecule has 0 aromatic heterocycles. The molecule has 0 saturated heterocycles. The molecule has 5 heteroatoms. The maximum atomic E-state index is 12.4. The largest absolute Gasteiger partial charge is 0.416 e. The van der Waals surface area contributed by atoms with Gasteiger partial charge in [0.2, 0.25) is 5.91 Å². The van der Waals surface area contributed by atoms with E-state index < -0.39 is 17.6 Å². The molecule has 0 atom stereocenters. The van der Waals surface area contributed by atoms with Crippen LogP contribution in [-0.2, 0) is 17.4 Å². The van der Waals surface area contributed by atoms with Crippen LogP contribution in [0.3, 0.4) is 0 Å². The molecule has 82 valence electrons. The fraction of sp³-hybridized carbons (Fsp3) is 0.300. The highest BCUT2D eigenvalue weighted by atomic mass is 19.4. The van der Waals surface area contributed by atoms with Gasteiger partial charge in [0.1, 0.15) is 0 Å². The highest BCUT2D eigenvalue weighted by Crippen LogP contribution is 2.32. The average molecular weight is 217 g/mol. The summed E-state index contributed by atoms with van der Waals surface area (Å²) in [5.41, 5.74) is 4.59. The average Bonchev–Trinajstić information content (AvgIpc) is 2.05. The van der Waals surface area contributed by atoms with Crippen LogP contribution in [0.1, 0.15) is 16.7 Å². The van der Waals surface area contributed by atoms with Crippen molar-refractivity contribution in [3.63, 3.8) is 0 Å². The van der Waals surface area contributed by atoms with E-state index >= 15 is 0 Å². The number of carbonyl (C=O) groups is 1. The van der Waals surface area contributed by atoms with E-state index in [1.807, 2.05) is 0 Å². The van der Waals surface area contributed by atoms with Gasteiger partial charge in [0, 0.05) is 0 Å². The Balaban J connectivity index is 3.17. The van der Waals surface area contributed by atoms with E-state index in [-0.39, 0.29) is 12.0 Å². The number of hydrogen-bond donors (Lipinski definition) is 1. The Morgan fingerprint density at radius 3 is 2.47 bits per heavy atom. The SMILES string of the molecule is Cc1c(CC(N)=O)cccc1C(F)(F)F. The number of amides is 1. The van der Waals surface area contributed by atoms with E-state index in [9.17, 15) is 18.0 Å². The van der Waals surface area contributed by atoms with Crippen LogP contribution in [0.2, 0.25) is 0 Å². The van der Waals surface area contributed by atoms with Gasteiger partial charge in [0.05, 0.1) is 12.0 Å². The van der Waals surface area contributed by atoms with Crippen LogP contribution in [0, 0.1) is 6.92 Å². The predicted octanol–water partition coefficient (Wildman–Crippen LogP) is 2.04. The highest BCUT2D eigenvalue weighted by molar-refractivity contribution is 5.77. The van der Waals surface area contributed by atoms with Gasteiger partial charge in [0.15, 0.2) is 0 Å². The molecular formula is C10H10F3NO. The van der Waals surface area contributed by atoms with Gasteiger partial charge in [-0.2, -0.15) is 13.2 Å². The Kier molecular flexibility index (Phi) is 3.02. The fourth-order valence-corrected chi connectivity index (χ4v) is 1.37. The molecule has 0 saturated carbocycles. The molecule has 0 fully saturated rings. The number of rotatable bonds is 2. The van der Waals surface area contributed by atoms with Crippen molar-refractivity contribution < 1.29 is 18.0 Å². The normalized spacial score (nSPS) is 11.5. The van der Waals surface area contributed by atoms with E-state index in [0.29, 0.717) is 5.56 Å². The fourth-order valence-electron chi connectivity index (χ4n) is 1.37. The number of benzene rings is 1. The van der Waals surface area contributed by atoms with Crippen molar-refractivity contribution in [2.75, 3.05) is 0 Å². The van der Waals surface area contributed by atoms with Crippen LogP contribution >= 0.6 is 0 Å². The highest BCUT2D eigenvalue weighted by Gasteiger charge is 2.32. The molecule has 0 spiro atoms. The van der Waals surface area contributed by atoms with E-state index in [1.165, 1.54) is 19.1 Å². The number of halogens is 3. The molecule has 0 radical (unpaired) electrons. The van der Waals surface area contributed by atoms with Gasteiger partial charge in [0.25, 0.3) is 0 Å². The zero-order valence-corrected chi connectivity index (χ0v) is 8.06. The third kappa shape index (κ3) is 2.71. The molecule has 0 heterocycles. The van der Waals surface area contributed by atoms with Gasteiger partial charge < -0.3 is 5.73 Å². The second kappa shape index (κ2) is 3.92. The molecule has 1 aromatic carbocycles. The Morgan fingerprint density at radius 2 is 2.00 bits per heavy atom. The zero-order chi connectivity index (χ0) is 11.6. The minimum absolute atomic E-state index is 0.0591. The van der Waals surface area contributed by atoms with Crippen LogP contribution in [0.15, 0.2) is 18.2 Å². The molecule has 0 bridgehead atoms. The van der Waals surface area contributed by atoms with Crippen molar-refractivity contribution in [3.05, 3.63) is 34.9 Å². The summed E-state index contributed by atoms with van der Waals surface area (Å²) in [5.74, 6) is -0.641. The summed E-state index contributed by atoms with van der Waals surface area (Å²) >= 11 is 0. The molecule has 0 aliphatic heterocycles. The van der Waals surface area contributed by atoms with Gasteiger partial charge in [-0.1, -0.05) is 12.1 Å². The summed E-state index contributed by atoms with van der Waals surface area (Å²) in [4.78, 5) is 10.6. The summed E-state index contributed by atoms with van der Waals surface area (Å²) in [6, 6.07) is 3.73. The van der Waals surface area contributed by atoms with E-state index in [4.69, 9.17) is 5.73 Å². The summed E-state index contributed by atoms with van der Waals surface area (Å²) in [6.45, 7) is 1.33. The van der Waals surface area contributed by atoms with Crippen LogP contribution in [0.25, 0.3) is 0 Å². The molecule has 0 aliphatic rings. The molecule has 1 rings (SSSR count). The Hall–Kier alpha value is -1.52. The number of primary amides is 1. The van der Waals surface area contributed by atoms with Crippen molar-refractivity contribution in [2.45, 2.75) is 19.5 Å². The van der Waals surface area contributed by atoms with Crippen molar-refractivity contribution in [3.8, 4) is 0 Å². The lowest BCUT2D eigenvalue weighted by atomic mass is 9.99. The number of alkyl halides is 3. The van der Waals surface area contributed by atoms with Gasteiger partial charge in [-0.25, -0.2) is 0 Å². The number of hydrogen-bond acceptors (Lipinski definition) is 1. The third-order valence-corrected chi connectivity index (χ3v) is 2.12. The second-order valence-electron chi connectivity index (χ2n) is 3.23. The smallest absolute Gasteiger partial charge is 0.369 e. The monoisotopic (exact) mass is 217 g/mol. The lowest BCUT2D eigenvalue weighted by Gasteiger charge is -2.12. The molecule has 1 aromatic rings. The minimum atomic E-state index is -4.39. The molecular weight excluding hydrogens is 207 g/mol. The Morgan fingerprint density at radius 1 is 1.40 bits per heavy atom. The number of carbonyl (C=O) groups excluding carboxylic acids is 1. The van der Waals surface area contributed by atoms with Gasteiger partial charge >= 0.3 is 6.18 Å². The van der Waals surface area contributed by atoms with Crippen LogP contribution in [-0.4, -0.2) is 5.91 Å². The van der Waals surface area contributed by atoms with Crippen molar-refractivity contribution in [1.29, 1.82) is 0 Å². The first kappa shape index (κ1) is 11.6. The molecule has 0 aliphatic carbocycles. The van der Waals surface area contributed by atoms with Crippen LogP contribution < -0.4 is 5.73 Å². The minimum Gasteiger partial charge on any atom is -0.369 e. The molecule has 1 amide bonds. The standard InChI is InChI=1S/C10H10F3NO/c1-6-7(5-9(14)15)3-2-4-8(6)10(11,12)13/h2-4H,5H2,1H3,(H2,14,15). The van der Waals surface area contributed by atoms with Crippen molar-refractivity contribution in [1.82, 2.24) is 0 Å².